The molecule has 5 aromatic rings. The molecule has 1 aliphatic heterocycles. The second kappa shape index (κ2) is 14.0. The standard InChI is InChI=1S/C41H37F6N7O4/c42-40(43,44)30-3-1-10-48-35(30)54-21-29(27-5-4-26(18-32(27)54)58-25-8-13-53(14-9-25)38-49-11-2-12-50-38)31-7-6-28(34(51-31)41(45,46)47)36(55)52-33-17-24-16-22-15-23(37(56)57)20-39(24,33)19-22/h1-7,10-12,18,21-25,33H,8-9,13-17,19-20H2,(H,52,55)(H,56,57). The number of piperidine rings is 1. The van der Waals surface area contributed by atoms with Crippen LogP contribution < -0.4 is 15.0 Å². The van der Waals surface area contributed by atoms with E-state index in [1.807, 2.05) is 4.90 Å². The maximum atomic E-state index is 14.8. The Kier molecular flexibility index (Phi) is 9.11. The minimum Gasteiger partial charge on any atom is -0.490 e. The second-order valence-electron chi connectivity index (χ2n) is 15.9. The van der Waals surface area contributed by atoms with Crippen LogP contribution in [0.2, 0.25) is 0 Å². The van der Waals surface area contributed by atoms with E-state index in [2.05, 4.69) is 25.3 Å². The number of anilines is 1. The first-order valence-electron chi connectivity index (χ1n) is 19.2. The van der Waals surface area contributed by atoms with Crippen LogP contribution in [0, 0.1) is 23.2 Å². The van der Waals surface area contributed by atoms with Crippen LogP contribution in [0.3, 0.4) is 0 Å². The smallest absolute Gasteiger partial charge is 0.434 e. The Hall–Kier alpha value is -5.74. The van der Waals surface area contributed by atoms with Crippen molar-refractivity contribution in [1.29, 1.82) is 0 Å². The molecular weight excluding hydrogens is 768 g/mol. The summed E-state index contributed by atoms with van der Waals surface area (Å²) < 4.78 is 94.8. The number of carboxylic acids is 1. The van der Waals surface area contributed by atoms with Crippen molar-refractivity contribution in [3.05, 3.63) is 90.1 Å². The average Bonchev–Trinajstić information content (AvgIpc) is 3.67. The minimum absolute atomic E-state index is 0.0774. The maximum absolute atomic E-state index is 14.8. The number of benzene rings is 1. The van der Waals surface area contributed by atoms with E-state index >= 15 is 0 Å². The zero-order valence-corrected chi connectivity index (χ0v) is 30.8. The number of nitrogens with zero attached hydrogens (tertiary/aromatic N) is 6. The third-order valence-corrected chi connectivity index (χ3v) is 12.6. The van der Waals surface area contributed by atoms with Crippen LogP contribution in [0.5, 0.6) is 5.75 Å². The van der Waals surface area contributed by atoms with E-state index in [-0.39, 0.29) is 40.1 Å². The van der Waals surface area contributed by atoms with Gasteiger partial charge in [-0.2, -0.15) is 26.3 Å². The topological polar surface area (TPSA) is 135 Å². The predicted octanol–water partition coefficient (Wildman–Crippen LogP) is 7.97. The van der Waals surface area contributed by atoms with Crippen molar-refractivity contribution in [1.82, 2.24) is 29.8 Å². The lowest BCUT2D eigenvalue weighted by Gasteiger charge is -2.55. The average molecular weight is 806 g/mol. The summed E-state index contributed by atoms with van der Waals surface area (Å²) >= 11 is 0. The van der Waals surface area contributed by atoms with Gasteiger partial charge < -0.3 is 20.1 Å². The van der Waals surface area contributed by atoms with E-state index in [0.717, 1.165) is 31.0 Å². The minimum atomic E-state index is -5.08. The molecule has 302 valence electrons. The predicted molar refractivity (Wildman–Crippen MR) is 197 cm³/mol. The van der Waals surface area contributed by atoms with E-state index in [1.54, 1.807) is 30.6 Å². The summed E-state index contributed by atoms with van der Waals surface area (Å²) in [5.41, 5.74) is -3.64. The highest BCUT2D eigenvalue weighted by atomic mass is 19.4. The third kappa shape index (κ3) is 6.67. The van der Waals surface area contributed by atoms with Gasteiger partial charge in [0.05, 0.1) is 28.3 Å². The first-order valence-corrected chi connectivity index (χ1v) is 19.2. The molecule has 3 saturated carbocycles. The van der Waals surface area contributed by atoms with Gasteiger partial charge in [0.25, 0.3) is 5.91 Å². The van der Waals surface area contributed by atoms with Crippen LogP contribution in [-0.4, -0.2) is 66.7 Å². The van der Waals surface area contributed by atoms with Gasteiger partial charge in [0.1, 0.15) is 17.7 Å². The molecule has 5 heterocycles. The van der Waals surface area contributed by atoms with Gasteiger partial charge in [-0.1, -0.05) is 0 Å². The number of halogens is 6. The number of ether oxygens (including phenoxy) is 1. The number of hydrogen-bond donors (Lipinski definition) is 2. The molecule has 1 amide bonds. The van der Waals surface area contributed by atoms with E-state index in [9.17, 15) is 41.0 Å². The highest BCUT2D eigenvalue weighted by molar-refractivity contribution is 5.99. The Morgan fingerprint density at radius 1 is 0.879 bits per heavy atom. The van der Waals surface area contributed by atoms with Crippen LogP contribution in [0.15, 0.2) is 73.3 Å². The number of fused-ring (bicyclic) bond motifs is 2. The van der Waals surface area contributed by atoms with Crippen LogP contribution in [0.25, 0.3) is 28.0 Å². The molecule has 4 aromatic heterocycles. The lowest BCUT2D eigenvalue weighted by atomic mass is 9.53. The normalized spacial score (nSPS) is 24.6. The molecule has 9 rings (SSSR count). The van der Waals surface area contributed by atoms with Crippen LogP contribution in [-0.2, 0) is 17.1 Å². The number of carbonyl (C=O) groups is 2. The van der Waals surface area contributed by atoms with Gasteiger partial charge in [0, 0.05) is 73.8 Å². The summed E-state index contributed by atoms with van der Waals surface area (Å²) in [6.45, 7) is 1.21. The number of aliphatic carboxylic acids is 1. The third-order valence-electron chi connectivity index (χ3n) is 12.6. The summed E-state index contributed by atoms with van der Waals surface area (Å²) in [4.78, 5) is 44.1. The molecule has 3 aliphatic carbocycles. The molecule has 4 aliphatic rings. The van der Waals surface area contributed by atoms with Crippen molar-refractivity contribution >= 4 is 28.7 Å². The fourth-order valence-electron chi connectivity index (χ4n) is 9.98. The summed E-state index contributed by atoms with van der Waals surface area (Å²) in [5.74, 6) is -1.59. The van der Waals surface area contributed by atoms with Crippen molar-refractivity contribution in [3.8, 4) is 22.8 Å². The summed E-state index contributed by atoms with van der Waals surface area (Å²) in [5, 5.41) is 12.8. The van der Waals surface area contributed by atoms with E-state index in [0.29, 0.717) is 56.9 Å². The lowest BCUT2D eigenvalue weighted by molar-refractivity contribution is -0.147. The van der Waals surface area contributed by atoms with E-state index in [1.165, 1.54) is 29.1 Å². The highest BCUT2D eigenvalue weighted by Gasteiger charge is 2.63. The van der Waals surface area contributed by atoms with Gasteiger partial charge in [-0.05, 0) is 91.8 Å². The lowest BCUT2D eigenvalue weighted by Crippen LogP contribution is -2.60. The molecule has 11 nitrogen and oxygen atoms in total. The molecule has 1 aromatic carbocycles. The van der Waals surface area contributed by atoms with Gasteiger partial charge in [0.15, 0.2) is 5.69 Å². The van der Waals surface area contributed by atoms with Crippen LogP contribution >= 0.6 is 0 Å². The van der Waals surface area contributed by atoms with Crippen LogP contribution in [0.1, 0.15) is 66.6 Å². The van der Waals surface area contributed by atoms with Gasteiger partial charge >= 0.3 is 18.3 Å². The fourth-order valence-corrected chi connectivity index (χ4v) is 9.98. The zero-order chi connectivity index (χ0) is 40.6. The van der Waals surface area contributed by atoms with Gasteiger partial charge in [0.2, 0.25) is 5.95 Å². The molecule has 4 fully saturated rings. The second-order valence-corrected chi connectivity index (χ2v) is 15.9. The molecule has 0 radical (unpaired) electrons. The number of nitrogens with one attached hydrogen (secondary N) is 1. The van der Waals surface area contributed by atoms with E-state index < -0.39 is 64.2 Å². The van der Waals surface area contributed by atoms with Crippen LogP contribution in [0.4, 0.5) is 32.3 Å². The number of alkyl halides is 6. The summed E-state index contributed by atoms with van der Waals surface area (Å²) in [7, 11) is 0. The molecule has 58 heavy (non-hydrogen) atoms. The molecule has 1 spiro atoms. The highest BCUT2D eigenvalue weighted by Crippen LogP contribution is 2.66. The SMILES string of the molecule is O=C(NC1CC2CC3CC(C(=O)O)CC21C3)c1ccc(-c2cn(-c3ncccc3C(F)(F)F)c3cc(OC4CCN(c5ncccn5)CC4)ccc23)nc1C(F)(F)F. The van der Waals surface area contributed by atoms with Gasteiger partial charge in [-0.3, -0.25) is 14.2 Å². The van der Waals surface area contributed by atoms with E-state index in [4.69, 9.17) is 4.74 Å². The first kappa shape index (κ1) is 37.8. The van der Waals surface area contributed by atoms with Crippen molar-refractivity contribution in [2.45, 2.75) is 69.4 Å². The number of amides is 1. The Balaban J connectivity index is 1.05. The van der Waals surface area contributed by atoms with Gasteiger partial charge in [-0.25, -0.2) is 19.9 Å². The Bertz CT molecular complexity index is 2400. The van der Waals surface area contributed by atoms with Crippen molar-refractivity contribution in [2.75, 3.05) is 18.0 Å². The molecule has 17 heteroatoms. The number of carboxylic acid groups (broad SMARTS) is 1. The Morgan fingerprint density at radius 2 is 1.64 bits per heavy atom. The number of hydrogen-bond acceptors (Lipinski definition) is 8. The monoisotopic (exact) mass is 805 g/mol. The maximum Gasteiger partial charge on any atom is 0.434 e. The van der Waals surface area contributed by atoms with Crippen molar-refractivity contribution < 1.29 is 45.8 Å². The van der Waals surface area contributed by atoms with Gasteiger partial charge in [-0.15, -0.1) is 0 Å². The molecule has 1 saturated heterocycles. The first-order chi connectivity index (χ1) is 27.7. The fraction of sp³-hybridized carbons (Fsp3) is 0.415. The molecule has 2 bridgehead atoms. The molecule has 2 N–H and O–H groups in total. The molecule has 5 atom stereocenters. The molecular formula is C41H37F6N7O4. The zero-order valence-electron chi connectivity index (χ0n) is 30.8. The quantitative estimate of drug-likeness (QED) is 0.150. The number of carbonyl (C=O) groups excluding carboxylic acids is 1. The van der Waals surface area contributed by atoms with Crippen molar-refractivity contribution in [2.24, 2.45) is 23.2 Å². The Labute approximate surface area is 327 Å². The molecule has 5 unspecified atom stereocenters. The number of rotatable bonds is 8. The number of pyridine rings is 2. The Morgan fingerprint density at radius 3 is 2.36 bits per heavy atom. The number of aromatic nitrogens is 5. The summed E-state index contributed by atoms with van der Waals surface area (Å²) in [6.07, 6.45) is -0.0987. The van der Waals surface area contributed by atoms with Crippen molar-refractivity contribution in [3.63, 3.8) is 0 Å². The largest absolute Gasteiger partial charge is 0.490 e. The summed E-state index contributed by atoms with van der Waals surface area (Å²) in [6, 6.07) is 10.2.